The quantitative estimate of drug-likeness (QED) is 0.476. The maximum atomic E-state index is 15.4. The number of amides is 1. The summed E-state index contributed by atoms with van der Waals surface area (Å²) < 4.78 is 27.0. The average molecular weight is 537 g/mol. The normalized spacial score (nSPS) is 27.2. The lowest BCUT2D eigenvalue weighted by Crippen LogP contribution is -2.37. The van der Waals surface area contributed by atoms with Gasteiger partial charge in [0.2, 0.25) is 0 Å². The number of fused-ring (bicyclic) bond motifs is 1. The van der Waals surface area contributed by atoms with Gasteiger partial charge in [0.05, 0.1) is 11.8 Å². The lowest BCUT2D eigenvalue weighted by Gasteiger charge is -2.30. The number of benzene rings is 2. The van der Waals surface area contributed by atoms with Crippen LogP contribution in [0.3, 0.4) is 0 Å². The molecule has 3 aliphatic heterocycles. The Kier molecular flexibility index (Phi) is 8.07. The van der Waals surface area contributed by atoms with Gasteiger partial charge in [-0.05, 0) is 105 Å². The van der Waals surface area contributed by atoms with Crippen LogP contribution in [-0.2, 0) is 11.2 Å². The molecule has 1 aliphatic carbocycles. The Balaban J connectivity index is 1.07. The van der Waals surface area contributed by atoms with E-state index in [2.05, 4.69) is 4.90 Å². The third-order valence-corrected chi connectivity index (χ3v) is 9.30. The highest BCUT2D eigenvalue weighted by Crippen LogP contribution is 2.37. The number of hydrogen-bond donors (Lipinski definition) is 1. The lowest BCUT2D eigenvalue weighted by atomic mass is 9.77. The molecule has 2 aromatic rings. The van der Waals surface area contributed by atoms with E-state index in [4.69, 9.17) is 9.47 Å². The summed E-state index contributed by atoms with van der Waals surface area (Å²) in [6.45, 7) is 3.90. The summed E-state index contributed by atoms with van der Waals surface area (Å²) in [6.07, 6.45) is 9.98. The molecule has 0 radical (unpaired) electrons. The minimum Gasteiger partial charge on any atom is -0.491 e. The molecule has 0 bridgehead atoms. The van der Waals surface area contributed by atoms with Crippen LogP contribution >= 0.6 is 0 Å². The number of hydrogen-bond acceptors (Lipinski definition) is 5. The van der Waals surface area contributed by atoms with E-state index in [1.165, 1.54) is 25.3 Å². The van der Waals surface area contributed by atoms with E-state index in [-0.39, 0.29) is 17.8 Å². The number of halogens is 1. The first-order valence-electron chi connectivity index (χ1n) is 14.9. The van der Waals surface area contributed by atoms with Gasteiger partial charge in [-0.25, -0.2) is 4.39 Å². The molecule has 2 saturated heterocycles. The first-order valence-corrected chi connectivity index (χ1v) is 14.9. The third-order valence-electron chi connectivity index (χ3n) is 9.30. The van der Waals surface area contributed by atoms with Gasteiger partial charge < -0.3 is 24.4 Å². The van der Waals surface area contributed by atoms with Crippen LogP contribution in [-0.4, -0.2) is 56.6 Å². The number of carbonyl (C=O) groups excluding carboxylic acids is 1. The molecule has 2 unspecified atom stereocenters. The van der Waals surface area contributed by atoms with Crippen LogP contribution < -0.4 is 14.5 Å². The van der Waals surface area contributed by atoms with Crippen LogP contribution in [0.2, 0.25) is 0 Å². The minimum atomic E-state index is -0.261. The predicted molar refractivity (Wildman–Crippen MR) is 150 cm³/mol. The molecule has 4 aliphatic rings. The maximum Gasteiger partial charge on any atom is 0.258 e. The van der Waals surface area contributed by atoms with Gasteiger partial charge in [0.15, 0.2) is 0 Å². The Labute approximate surface area is 231 Å². The summed E-state index contributed by atoms with van der Waals surface area (Å²) in [5.41, 5.74) is 2.88. The zero-order valence-electron chi connectivity index (χ0n) is 22.8. The van der Waals surface area contributed by atoms with Gasteiger partial charge in [0.25, 0.3) is 5.91 Å². The molecule has 0 aromatic heterocycles. The maximum absolute atomic E-state index is 15.4. The Bertz CT molecular complexity index is 1170. The van der Waals surface area contributed by atoms with Gasteiger partial charge in [0.1, 0.15) is 18.2 Å². The van der Waals surface area contributed by atoms with E-state index in [1.54, 1.807) is 4.90 Å². The molecule has 7 heteroatoms. The first kappa shape index (κ1) is 26.6. The Morgan fingerprint density at radius 1 is 1.00 bits per heavy atom. The molecule has 6 rings (SSSR count). The molecule has 3 fully saturated rings. The number of rotatable bonds is 8. The van der Waals surface area contributed by atoms with Crippen LogP contribution in [0.5, 0.6) is 5.75 Å². The van der Waals surface area contributed by atoms with Crippen molar-refractivity contribution in [3.63, 3.8) is 0 Å². The highest BCUT2D eigenvalue weighted by atomic mass is 19.1. The fourth-order valence-corrected chi connectivity index (χ4v) is 7.18. The van der Waals surface area contributed by atoms with Crippen LogP contribution in [0, 0.1) is 23.6 Å². The molecule has 2 aromatic carbocycles. The van der Waals surface area contributed by atoms with Crippen LogP contribution in [0.15, 0.2) is 36.4 Å². The van der Waals surface area contributed by atoms with Gasteiger partial charge in [-0.3, -0.25) is 4.79 Å². The van der Waals surface area contributed by atoms with Crippen LogP contribution in [0.4, 0.5) is 15.8 Å². The molecule has 210 valence electrons. The number of anilines is 2. The van der Waals surface area contributed by atoms with Gasteiger partial charge in [0, 0.05) is 44.1 Å². The molecule has 0 spiro atoms. The lowest BCUT2D eigenvalue weighted by molar-refractivity contribution is 0.0679. The van der Waals surface area contributed by atoms with Gasteiger partial charge in [-0.1, -0.05) is 12.8 Å². The largest absolute Gasteiger partial charge is 0.491 e. The van der Waals surface area contributed by atoms with Crippen molar-refractivity contribution in [2.75, 3.05) is 49.3 Å². The van der Waals surface area contributed by atoms with Crippen molar-refractivity contribution >= 4 is 17.3 Å². The van der Waals surface area contributed by atoms with Crippen molar-refractivity contribution < 1.29 is 23.8 Å². The standard InChI is InChI=1S/C32H41FN2O4/c33-30-18-26(6-9-31(30)34-12-10-23(19-34)15-22-3-1-4-24(16-22)20-36)35-13-11-25-17-27(7-8-29(25)32(35)37)39-21-28-5-2-14-38-28/h6-9,17-18,22-24,28,36H,1-5,10-16,19-21H2/t22?,23?,24-,28+/m1/s1. The number of ether oxygens (including phenoxy) is 2. The van der Waals surface area contributed by atoms with E-state index in [0.29, 0.717) is 60.9 Å². The molecule has 39 heavy (non-hydrogen) atoms. The zero-order valence-corrected chi connectivity index (χ0v) is 22.8. The van der Waals surface area contributed by atoms with Crippen molar-refractivity contribution in [1.29, 1.82) is 0 Å². The van der Waals surface area contributed by atoms with Crippen molar-refractivity contribution in [1.82, 2.24) is 0 Å². The van der Waals surface area contributed by atoms with Crippen LogP contribution in [0.25, 0.3) is 0 Å². The second-order valence-electron chi connectivity index (χ2n) is 12.0. The van der Waals surface area contributed by atoms with Gasteiger partial charge in [-0.15, -0.1) is 0 Å². The summed E-state index contributed by atoms with van der Waals surface area (Å²) in [5.74, 6) is 2.13. The van der Waals surface area contributed by atoms with E-state index < -0.39 is 0 Å². The summed E-state index contributed by atoms with van der Waals surface area (Å²) in [4.78, 5) is 17.2. The van der Waals surface area contributed by atoms with Crippen molar-refractivity contribution in [2.24, 2.45) is 17.8 Å². The fourth-order valence-electron chi connectivity index (χ4n) is 7.18. The zero-order chi connectivity index (χ0) is 26.8. The van der Waals surface area contributed by atoms with Crippen molar-refractivity contribution in [2.45, 2.75) is 63.9 Å². The molecular formula is C32H41FN2O4. The van der Waals surface area contributed by atoms with Crippen molar-refractivity contribution in [3.05, 3.63) is 53.3 Å². The minimum absolute atomic E-state index is 0.0935. The SMILES string of the molecule is O=C1c2ccc(OC[C@@H]3CCCO3)cc2CCN1c1ccc(N2CCC(CC3CCC[C@@H](CO)C3)C2)c(F)c1. The fraction of sp³-hybridized carbons (Fsp3) is 0.594. The Morgan fingerprint density at radius 3 is 2.72 bits per heavy atom. The molecule has 1 saturated carbocycles. The molecular weight excluding hydrogens is 495 g/mol. The summed E-state index contributed by atoms with van der Waals surface area (Å²) in [5, 5.41) is 9.55. The molecule has 1 amide bonds. The highest BCUT2D eigenvalue weighted by Gasteiger charge is 2.31. The summed E-state index contributed by atoms with van der Waals surface area (Å²) in [7, 11) is 0. The van der Waals surface area contributed by atoms with E-state index in [0.717, 1.165) is 63.1 Å². The first-order chi connectivity index (χ1) is 19.1. The topological polar surface area (TPSA) is 62.2 Å². The molecule has 1 N–H and O–H groups in total. The predicted octanol–water partition coefficient (Wildman–Crippen LogP) is 5.60. The number of carbonyl (C=O) groups is 1. The second-order valence-corrected chi connectivity index (χ2v) is 12.0. The Hall–Kier alpha value is -2.64. The Morgan fingerprint density at radius 2 is 1.90 bits per heavy atom. The molecule has 6 nitrogen and oxygen atoms in total. The molecule has 3 heterocycles. The van der Waals surface area contributed by atoms with Crippen molar-refractivity contribution in [3.8, 4) is 5.75 Å². The second kappa shape index (κ2) is 11.8. The monoisotopic (exact) mass is 536 g/mol. The van der Waals surface area contributed by atoms with E-state index in [1.807, 2.05) is 30.3 Å². The third kappa shape index (κ3) is 5.94. The highest BCUT2D eigenvalue weighted by molar-refractivity contribution is 6.08. The van der Waals surface area contributed by atoms with Crippen LogP contribution in [0.1, 0.15) is 67.3 Å². The number of aliphatic hydroxyl groups is 1. The molecule has 4 atom stereocenters. The summed E-state index contributed by atoms with van der Waals surface area (Å²) in [6, 6.07) is 10.9. The average Bonchev–Trinajstić information content (AvgIpc) is 3.65. The number of nitrogens with zero attached hydrogens (tertiary/aromatic N) is 2. The van der Waals surface area contributed by atoms with Gasteiger partial charge in [-0.2, -0.15) is 0 Å². The van der Waals surface area contributed by atoms with E-state index >= 15 is 4.39 Å². The van der Waals surface area contributed by atoms with Gasteiger partial charge >= 0.3 is 0 Å². The smallest absolute Gasteiger partial charge is 0.258 e. The summed E-state index contributed by atoms with van der Waals surface area (Å²) >= 11 is 0. The number of aliphatic hydroxyl groups excluding tert-OH is 1. The van der Waals surface area contributed by atoms with E-state index in [9.17, 15) is 9.90 Å².